The molecule has 2 aromatic carbocycles. The van der Waals surface area contributed by atoms with Crippen molar-refractivity contribution >= 4 is 11.6 Å². The lowest BCUT2D eigenvalue weighted by Gasteiger charge is -2.06. The molecule has 0 atom stereocenters. The van der Waals surface area contributed by atoms with E-state index in [0.717, 1.165) is 24.1 Å². The van der Waals surface area contributed by atoms with Gasteiger partial charge >= 0.3 is 0 Å². The molecule has 23 heavy (non-hydrogen) atoms. The molecule has 0 saturated heterocycles. The van der Waals surface area contributed by atoms with Crippen LogP contribution in [0.15, 0.2) is 65.4 Å². The largest absolute Gasteiger partial charge is 0.423 e. The van der Waals surface area contributed by atoms with Gasteiger partial charge in [-0.1, -0.05) is 30.3 Å². The van der Waals surface area contributed by atoms with Crippen LogP contribution >= 0.6 is 0 Å². The molecule has 0 unspecified atom stereocenters. The first kappa shape index (κ1) is 15.0. The van der Waals surface area contributed by atoms with Crippen LogP contribution in [0.25, 0.3) is 11.5 Å². The fourth-order valence-electron chi connectivity index (χ4n) is 2.32. The third-order valence-corrected chi connectivity index (χ3v) is 3.49. The average molecular weight is 307 g/mol. The Morgan fingerprint density at radius 1 is 1.04 bits per heavy atom. The monoisotopic (exact) mass is 307 g/mol. The van der Waals surface area contributed by atoms with E-state index in [1.165, 1.54) is 12.0 Å². The van der Waals surface area contributed by atoms with Crippen LogP contribution in [0.4, 0.5) is 5.69 Å². The molecule has 1 N–H and O–H groups in total. The van der Waals surface area contributed by atoms with Crippen molar-refractivity contribution < 1.29 is 9.21 Å². The summed E-state index contributed by atoms with van der Waals surface area (Å²) in [5, 5.41) is 10.4. The highest BCUT2D eigenvalue weighted by atomic mass is 16.4. The molecular weight excluding hydrogens is 290 g/mol. The maximum Gasteiger partial charge on any atom is 0.247 e. The highest BCUT2D eigenvalue weighted by Gasteiger charge is 2.05. The summed E-state index contributed by atoms with van der Waals surface area (Å²) >= 11 is 0. The zero-order valence-corrected chi connectivity index (χ0v) is 12.6. The minimum atomic E-state index is 0.0199. The molecular formula is C18H17N3O2. The molecule has 3 aromatic rings. The number of carbonyl (C=O) groups is 1. The number of amides is 1. The highest BCUT2D eigenvalue weighted by Crippen LogP contribution is 2.19. The van der Waals surface area contributed by atoms with Crippen LogP contribution in [0, 0.1) is 0 Å². The maximum atomic E-state index is 12.0. The van der Waals surface area contributed by atoms with Crippen LogP contribution in [0.1, 0.15) is 18.4 Å². The molecule has 0 aliphatic heterocycles. The number of rotatable bonds is 6. The first-order valence-electron chi connectivity index (χ1n) is 7.51. The molecule has 0 fully saturated rings. The van der Waals surface area contributed by atoms with E-state index in [2.05, 4.69) is 27.6 Å². The molecule has 3 rings (SSSR count). The Balaban J connectivity index is 1.48. The van der Waals surface area contributed by atoms with Gasteiger partial charge in [-0.25, -0.2) is 0 Å². The number of aromatic nitrogens is 2. The summed E-state index contributed by atoms with van der Waals surface area (Å²) in [7, 11) is 0. The average Bonchev–Trinajstić information content (AvgIpc) is 3.11. The van der Waals surface area contributed by atoms with Crippen LogP contribution in [0.5, 0.6) is 0 Å². The topological polar surface area (TPSA) is 68.0 Å². The van der Waals surface area contributed by atoms with Gasteiger partial charge in [-0.05, 0) is 42.7 Å². The second-order valence-electron chi connectivity index (χ2n) is 5.21. The molecule has 5 heteroatoms. The lowest BCUT2D eigenvalue weighted by molar-refractivity contribution is -0.116. The van der Waals surface area contributed by atoms with Crippen molar-refractivity contribution in [2.45, 2.75) is 19.3 Å². The van der Waals surface area contributed by atoms with Gasteiger partial charge in [-0.15, -0.1) is 10.2 Å². The summed E-state index contributed by atoms with van der Waals surface area (Å²) in [6, 6.07) is 17.5. The molecule has 0 aliphatic carbocycles. The summed E-state index contributed by atoms with van der Waals surface area (Å²) in [5.74, 6) is 0.484. The molecule has 116 valence electrons. The third-order valence-electron chi connectivity index (χ3n) is 3.49. The smallest absolute Gasteiger partial charge is 0.247 e. The number of hydrogen-bond acceptors (Lipinski definition) is 4. The van der Waals surface area contributed by atoms with Gasteiger partial charge in [0.05, 0.1) is 0 Å². The quantitative estimate of drug-likeness (QED) is 0.754. The molecule has 1 heterocycles. The molecule has 0 spiro atoms. The molecule has 0 radical (unpaired) electrons. The van der Waals surface area contributed by atoms with E-state index in [1.54, 1.807) is 0 Å². The van der Waals surface area contributed by atoms with Crippen LogP contribution in [0.2, 0.25) is 0 Å². The standard InChI is InChI=1S/C18H17N3O2/c22-17(8-4-7-14-5-2-1-3-6-14)20-16-11-9-15(10-12-16)18-21-19-13-23-18/h1-3,5-6,9-13H,4,7-8H2,(H,20,22). The first-order valence-corrected chi connectivity index (χ1v) is 7.51. The second-order valence-corrected chi connectivity index (χ2v) is 5.21. The molecule has 0 saturated carbocycles. The molecule has 0 aliphatic rings. The summed E-state index contributed by atoms with van der Waals surface area (Å²) < 4.78 is 5.13. The first-order chi connectivity index (χ1) is 11.3. The summed E-state index contributed by atoms with van der Waals surface area (Å²) in [5.41, 5.74) is 2.84. The van der Waals surface area contributed by atoms with Gasteiger partial charge in [-0.2, -0.15) is 0 Å². The summed E-state index contributed by atoms with van der Waals surface area (Å²) in [4.78, 5) is 12.0. The van der Waals surface area contributed by atoms with Gasteiger partial charge in [0.2, 0.25) is 18.2 Å². The van der Waals surface area contributed by atoms with Crippen LogP contribution in [0.3, 0.4) is 0 Å². The number of carbonyl (C=O) groups excluding carboxylic acids is 1. The molecule has 1 amide bonds. The number of aryl methyl sites for hydroxylation is 1. The van der Waals surface area contributed by atoms with Crippen molar-refractivity contribution in [3.05, 3.63) is 66.6 Å². The van der Waals surface area contributed by atoms with E-state index >= 15 is 0 Å². The third kappa shape index (κ3) is 4.26. The maximum absolute atomic E-state index is 12.0. The minimum Gasteiger partial charge on any atom is -0.423 e. The van der Waals surface area contributed by atoms with Crippen LogP contribution in [-0.4, -0.2) is 16.1 Å². The zero-order chi connectivity index (χ0) is 15.9. The van der Waals surface area contributed by atoms with Gasteiger partial charge in [-0.3, -0.25) is 4.79 Å². The number of benzene rings is 2. The van der Waals surface area contributed by atoms with Gasteiger partial charge in [0, 0.05) is 17.7 Å². The van der Waals surface area contributed by atoms with E-state index in [0.29, 0.717) is 12.3 Å². The van der Waals surface area contributed by atoms with Crippen molar-refractivity contribution in [1.29, 1.82) is 0 Å². The lowest BCUT2D eigenvalue weighted by Crippen LogP contribution is -2.11. The number of nitrogens with zero attached hydrogens (tertiary/aromatic N) is 2. The second kappa shape index (κ2) is 7.35. The van der Waals surface area contributed by atoms with Crippen molar-refractivity contribution in [2.75, 3.05) is 5.32 Å². The molecule has 1 aromatic heterocycles. The van der Waals surface area contributed by atoms with Gasteiger partial charge < -0.3 is 9.73 Å². The number of hydrogen-bond donors (Lipinski definition) is 1. The van der Waals surface area contributed by atoms with E-state index in [-0.39, 0.29) is 5.91 Å². The van der Waals surface area contributed by atoms with Gasteiger partial charge in [0.1, 0.15) is 0 Å². The Hall–Kier alpha value is -2.95. The Morgan fingerprint density at radius 3 is 2.52 bits per heavy atom. The lowest BCUT2D eigenvalue weighted by atomic mass is 10.1. The Morgan fingerprint density at radius 2 is 1.83 bits per heavy atom. The van der Waals surface area contributed by atoms with Crippen molar-refractivity contribution in [2.24, 2.45) is 0 Å². The summed E-state index contributed by atoms with van der Waals surface area (Å²) in [6.45, 7) is 0. The fraction of sp³-hybridized carbons (Fsp3) is 0.167. The van der Waals surface area contributed by atoms with E-state index in [9.17, 15) is 4.79 Å². The highest BCUT2D eigenvalue weighted by molar-refractivity contribution is 5.90. The van der Waals surface area contributed by atoms with Crippen molar-refractivity contribution in [1.82, 2.24) is 10.2 Å². The predicted octanol–water partition coefficient (Wildman–Crippen LogP) is 3.70. The van der Waals surface area contributed by atoms with Crippen LogP contribution in [-0.2, 0) is 11.2 Å². The number of anilines is 1. The van der Waals surface area contributed by atoms with Crippen LogP contribution < -0.4 is 5.32 Å². The minimum absolute atomic E-state index is 0.0199. The normalized spacial score (nSPS) is 10.4. The fourth-order valence-corrected chi connectivity index (χ4v) is 2.32. The Bertz CT molecular complexity index is 738. The van der Waals surface area contributed by atoms with Gasteiger partial charge in [0.25, 0.3) is 0 Å². The predicted molar refractivity (Wildman–Crippen MR) is 87.7 cm³/mol. The van der Waals surface area contributed by atoms with E-state index in [4.69, 9.17) is 4.42 Å². The van der Waals surface area contributed by atoms with Crippen molar-refractivity contribution in [3.63, 3.8) is 0 Å². The molecule has 0 bridgehead atoms. The Labute approximate surface area is 134 Å². The molecule has 5 nitrogen and oxygen atoms in total. The van der Waals surface area contributed by atoms with Gasteiger partial charge in [0.15, 0.2) is 0 Å². The van der Waals surface area contributed by atoms with E-state index in [1.807, 2.05) is 42.5 Å². The SMILES string of the molecule is O=C(CCCc1ccccc1)Nc1ccc(-c2nnco2)cc1. The zero-order valence-electron chi connectivity index (χ0n) is 12.6. The number of nitrogens with one attached hydrogen (secondary N) is 1. The Kier molecular flexibility index (Phi) is 4.79. The van der Waals surface area contributed by atoms with Crippen molar-refractivity contribution in [3.8, 4) is 11.5 Å². The van der Waals surface area contributed by atoms with E-state index < -0.39 is 0 Å². The summed E-state index contributed by atoms with van der Waals surface area (Å²) in [6.07, 6.45) is 3.53.